The summed E-state index contributed by atoms with van der Waals surface area (Å²) in [5.41, 5.74) is 1.70. The minimum Gasteiger partial charge on any atom is -0.308 e. The van der Waals surface area contributed by atoms with Crippen LogP contribution >= 0.6 is 0 Å². The highest BCUT2D eigenvalue weighted by Gasteiger charge is 2.24. The first-order valence-electron chi connectivity index (χ1n) is 6.63. The minimum absolute atomic E-state index is 0.228. The molecule has 1 unspecified atom stereocenters. The second-order valence-corrected chi connectivity index (χ2v) is 4.97. The van der Waals surface area contributed by atoms with E-state index in [2.05, 4.69) is 27.0 Å². The summed E-state index contributed by atoms with van der Waals surface area (Å²) in [4.78, 5) is 0. The van der Waals surface area contributed by atoms with Gasteiger partial charge in [-0.1, -0.05) is 6.92 Å². The lowest BCUT2D eigenvalue weighted by atomic mass is 10.1. The Morgan fingerprint density at radius 2 is 2.21 bits per heavy atom. The Kier molecular flexibility index (Phi) is 3.06. The Balaban J connectivity index is 2.09. The van der Waals surface area contributed by atoms with Gasteiger partial charge in [-0.3, -0.25) is 0 Å². The smallest absolute Gasteiger partial charge is 0.164 e. The van der Waals surface area contributed by atoms with Crippen molar-refractivity contribution in [2.24, 2.45) is 0 Å². The van der Waals surface area contributed by atoms with Crippen LogP contribution in [0.4, 0.5) is 4.39 Å². The van der Waals surface area contributed by atoms with E-state index in [1.807, 2.05) is 13.0 Å². The van der Waals surface area contributed by atoms with Crippen molar-refractivity contribution in [3.8, 4) is 11.4 Å². The van der Waals surface area contributed by atoms with Gasteiger partial charge in [-0.25, -0.2) is 4.39 Å². The number of aromatic nitrogens is 3. The number of aryl methyl sites for hydroxylation is 1. The molecule has 1 aromatic carbocycles. The first-order chi connectivity index (χ1) is 9.19. The van der Waals surface area contributed by atoms with Crippen LogP contribution in [-0.4, -0.2) is 21.3 Å². The van der Waals surface area contributed by atoms with E-state index < -0.39 is 0 Å². The summed E-state index contributed by atoms with van der Waals surface area (Å²) in [7, 11) is 0. The Hall–Kier alpha value is -1.75. The number of hydrogen-bond acceptors (Lipinski definition) is 3. The van der Waals surface area contributed by atoms with Crippen molar-refractivity contribution in [2.75, 3.05) is 6.54 Å². The number of benzene rings is 1. The topological polar surface area (TPSA) is 42.7 Å². The molecule has 1 atom stereocenters. The summed E-state index contributed by atoms with van der Waals surface area (Å²) in [6.07, 6.45) is 0.973. The fraction of sp³-hybridized carbons (Fsp3) is 0.429. The van der Waals surface area contributed by atoms with Gasteiger partial charge in [0.25, 0.3) is 0 Å². The third-order valence-electron chi connectivity index (χ3n) is 3.53. The second-order valence-electron chi connectivity index (χ2n) is 4.97. The van der Waals surface area contributed by atoms with Gasteiger partial charge in [0.15, 0.2) is 11.6 Å². The molecular weight excluding hydrogens is 243 g/mol. The molecule has 3 rings (SSSR count). The molecule has 4 nitrogen and oxygen atoms in total. The maximum atomic E-state index is 13.5. The van der Waals surface area contributed by atoms with Crippen molar-refractivity contribution >= 4 is 0 Å². The summed E-state index contributed by atoms with van der Waals surface area (Å²) < 4.78 is 15.6. The predicted molar refractivity (Wildman–Crippen MR) is 71.2 cm³/mol. The molecule has 0 bridgehead atoms. The molecule has 0 saturated heterocycles. The van der Waals surface area contributed by atoms with Crippen molar-refractivity contribution in [3.63, 3.8) is 0 Å². The van der Waals surface area contributed by atoms with E-state index in [1.54, 1.807) is 0 Å². The molecular formula is C14H17FN4. The quantitative estimate of drug-likeness (QED) is 0.902. The van der Waals surface area contributed by atoms with E-state index in [-0.39, 0.29) is 11.9 Å². The van der Waals surface area contributed by atoms with Crippen LogP contribution in [0, 0.1) is 12.7 Å². The largest absolute Gasteiger partial charge is 0.308 e. The third kappa shape index (κ3) is 2.14. The van der Waals surface area contributed by atoms with Gasteiger partial charge >= 0.3 is 0 Å². The monoisotopic (exact) mass is 260 g/mol. The van der Waals surface area contributed by atoms with Gasteiger partial charge in [-0.15, -0.1) is 10.2 Å². The van der Waals surface area contributed by atoms with E-state index in [9.17, 15) is 4.39 Å². The molecule has 0 fully saturated rings. The molecule has 1 aliphatic rings. The van der Waals surface area contributed by atoms with Crippen LogP contribution < -0.4 is 5.32 Å². The lowest BCUT2D eigenvalue weighted by Gasteiger charge is -2.24. The van der Waals surface area contributed by atoms with Crippen LogP contribution in [0.15, 0.2) is 18.2 Å². The molecule has 2 aromatic rings. The van der Waals surface area contributed by atoms with E-state index in [0.29, 0.717) is 0 Å². The highest BCUT2D eigenvalue weighted by atomic mass is 19.1. The summed E-state index contributed by atoms with van der Waals surface area (Å²) in [5, 5.41) is 11.9. The van der Waals surface area contributed by atoms with Crippen molar-refractivity contribution in [3.05, 3.63) is 35.4 Å². The fourth-order valence-electron chi connectivity index (χ4n) is 2.64. The van der Waals surface area contributed by atoms with Crippen LogP contribution in [-0.2, 0) is 6.54 Å². The zero-order valence-electron chi connectivity index (χ0n) is 11.2. The first kappa shape index (κ1) is 12.3. The number of hydrogen-bond donors (Lipinski definition) is 1. The number of rotatable bonds is 2. The Labute approximate surface area is 111 Å². The van der Waals surface area contributed by atoms with Crippen LogP contribution in [0.1, 0.15) is 30.8 Å². The third-order valence-corrected chi connectivity index (χ3v) is 3.53. The Bertz CT molecular complexity index is 585. The van der Waals surface area contributed by atoms with Crippen LogP contribution in [0.2, 0.25) is 0 Å². The van der Waals surface area contributed by atoms with Gasteiger partial charge in [0.1, 0.15) is 5.82 Å². The van der Waals surface area contributed by atoms with E-state index >= 15 is 0 Å². The van der Waals surface area contributed by atoms with Gasteiger partial charge in [0.05, 0.1) is 6.04 Å². The second kappa shape index (κ2) is 4.74. The number of fused-ring (bicyclic) bond motifs is 1. The highest BCUT2D eigenvalue weighted by molar-refractivity contribution is 5.57. The number of nitrogens with zero attached hydrogens (tertiary/aromatic N) is 3. The summed E-state index contributed by atoms with van der Waals surface area (Å²) >= 11 is 0. The summed E-state index contributed by atoms with van der Waals surface area (Å²) in [6.45, 7) is 5.72. The van der Waals surface area contributed by atoms with Crippen molar-refractivity contribution in [1.82, 2.24) is 20.1 Å². The summed E-state index contributed by atoms with van der Waals surface area (Å²) in [6, 6.07) is 5.23. The average Bonchev–Trinajstić information content (AvgIpc) is 2.81. The molecule has 0 radical (unpaired) electrons. The molecule has 5 heteroatoms. The van der Waals surface area contributed by atoms with Gasteiger partial charge in [0.2, 0.25) is 0 Å². The van der Waals surface area contributed by atoms with Crippen LogP contribution in [0.5, 0.6) is 0 Å². The maximum Gasteiger partial charge on any atom is 0.164 e. The standard InChI is InChI=1S/C14H17FN4/c1-3-12-14-18-17-13(19(14)5-4-16-12)10-6-9(2)7-11(15)8-10/h6-8,12,16H,3-5H2,1-2H3. The Morgan fingerprint density at radius 3 is 2.95 bits per heavy atom. The zero-order valence-corrected chi connectivity index (χ0v) is 11.2. The summed E-state index contributed by atoms with van der Waals surface area (Å²) in [5.74, 6) is 1.48. The van der Waals surface area contributed by atoms with E-state index in [1.165, 1.54) is 12.1 Å². The predicted octanol–water partition coefficient (Wildman–Crippen LogP) is 2.45. The van der Waals surface area contributed by atoms with Crippen LogP contribution in [0.25, 0.3) is 11.4 Å². The lowest BCUT2D eigenvalue weighted by molar-refractivity contribution is 0.407. The molecule has 19 heavy (non-hydrogen) atoms. The molecule has 0 aliphatic carbocycles. The van der Waals surface area contributed by atoms with E-state index in [4.69, 9.17) is 0 Å². The maximum absolute atomic E-state index is 13.5. The highest BCUT2D eigenvalue weighted by Crippen LogP contribution is 2.26. The van der Waals surface area contributed by atoms with Gasteiger partial charge in [-0.2, -0.15) is 0 Å². The van der Waals surface area contributed by atoms with Gasteiger partial charge in [-0.05, 0) is 37.1 Å². The zero-order chi connectivity index (χ0) is 13.4. The molecule has 0 saturated carbocycles. The number of halogens is 1. The first-order valence-corrected chi connectivity index (χ1v) is 6.63. The Morgan fingerprint density at radius 1 is 1.37 bits per heavy atom. The lowest BCUT2D eigenvalue weighted by Crippen LogP contribution is -2.33. The van der Waals surface area contributed by atoms with E-state index in [0.717, 1.165) is 42.3 Å². The van der Waals surface area contributed by atoms with Crippen molar-refractivity contribution in [2.45, 2.75) is 32.9 Å². The van der Waals surface area contributed by atoms with Gasteiger partial charge < -0.3 is 9.88 Å². The normalized spacial score (nSPS) is 18.4. The molecule has 0 spiro atoms. The molecule has 1 N–H and O–H groups in total. The fourth-order valence-corrected chi connectivity index (χ4v) is 2.64. The molecule has 100 valence electrons. The number of nitrogens with one attached hydrogen (secondary N) is 1. The minimum atomic E-state index is -0.228. The van der Waals surface area contributed by atoms with Gasteiger partial charge in [0, 0.05) is 18.7 Å². The molecule has 1 aromatic heterocycles. The molecule has 0 amide bonds. The van der Waals surface area contributed by atoms with Crippen LogP contribution in [0.3, 0.4) is 0 Å². The SMILES string of the molecule is CCC1NCCn2c(-c3cc(C)cc(F)c3)nnc21. The van der Waals surface area contributed by atoms with Crippen molar-refractivity contribution in [1.29, 1.82) is 0 Å². The average molecular weight is 260 g/mol. The molecule has 1 aliphatic heterocycles. The van der Waals surface area contributed by atoms with Crippen molar-refractivity contribution < 1.29 is 4.39 Å². The molecule has 2 heterocycles.